The number of aliphatic carboxylic acids is 1. The molecule has 122 valence electrons. The molecule has 1 aliphatic rings. The van der Waals surface area contributed by atoms with Crippen molar-refractivity contribution in [3.63, 3.8) is 0 Å². The molecule has 2 rings (SSSR count). The smallest absolute Gasteiger partial charge is 0.319 e. The second kappa shape index (κ2) is 6.97. The zero-order chi connectivity index (χ0) is 16.2. The van der Waals surface area contributed by atoms with Crippen LogP contribution in [0.25, 0.3) is 0 Å². The third-order valence-corrected chi connectivity index (χ3v) is 7.59. The fraction of sp³-hybridized carbons (Fsp3) is 0.588. The van der Waals surface area contributed by atoms with E-state index >= 15 is 0 Å². The van der Waals surface area contributed by atoms with Crippen LogP contribution in [0.2, 0.25) is 0 Å². The first kappa shape index (κ1) is 17.2. The highest BCUT2D eigenvalue weighted by molar-refractivity contribution is 7.60. The lowest BCUT2D eigenvalue weighted by molar-refractivity contribution is -0.140. The maximum Gasteiger partial charge on any atom is 0.319 e. The molecule has 2 unspecified atom stereocenters. The quantitative estimate of drug-likeness (QED) is 0.766. The average molecular weight is 324 g/mol. The van der Waals surface area contributed by atoms with Crippen molar-refractivity contribution in [2.24, 2.45) is 5.92 Å². The number of hydrogen-bond donors (Lipinski definition) is 2. The fourth-order valence-corrected chi connectivity index (χ4v) is 5.24. The van der Waals surface area contributed by atoms with Crippen LogP contribution in [-0.2, 0) is 15.5 Å². The summed E-state index contributed by atoms with van der Waals surface area (Å²) in [5.41, 5.74) is 0.712. The molecule has 0 radical (unpaired) electrons. The Morgan fingerprint density at radius 2 is 1.82 bits per heavy atom. The molecule has 2 atom stereocenters. The molecule has 0 aromatic heterocycles. The number of carbonyl (C=O) groups is 1. The molecule has 22 heavy (non-hydrogen) atoms. The number of hydrogen-bond acceptors (Lipinski definition) is 2. The Hall–Kier alpha value is -1.12. The van der Waals surface area contributed by atoms with Crippen molar-refractivity contribution in [3.8, 4) is 0 Å². The normalized spacial score (nSPS) is 21.7. The summed E-state index contributed by atoms with van der Waals surface area (Å²) in [4.78, 5) is 22.4. The fourth-order valence-electron chi connectivity index (χ4n) is 3.34. The Bertz CT molecular complexity index is 551. The van der Waals surface area contributed by atoms with Crippen molar-refractivity contribution in [1.29, 1.82) is 0 Å². The van der Waals surface area contributed by atoms with Gasteiger partial charge in [0.15, 0.2) is 0 Å². The zero-order valence-electron chi connectivity index (χ0n) is 13.1. The summed E-state index contributed by atoms with van der Waals surface area (Å²) in [6, 6.07) is 8.98. The highest BCUT2D eigenvalue weighted by Crippen LogP contribution is 2.60. The molecule has 0 heterocycles. The Kier molecular flexibility index (Phi) is 5.46. The molecular weight excluding hydrogens is 299 g/mol. The lowest BCUT2D eigenvalue weighted by Gasteiger charge is -2.34. The molecule has 1 saturated carbocycles. The summed E-state index contributed by atoms with van der Waals surface area (Å²) in [5.74, 6) is -0.911. The third kappa shape index (κ3) is 3.80. The summed E-state index contributed by atoms with van der Waals surface area (Å²) in [6.07, 6.45) is 5.51. The molecule has 0 aliphatic heterocycles. The lowest BCUT2D eigenvalue weighted by Crippen LogP contribution is -2.38. The van der Waals surface area contributed by atoms with E-state index in [1.54, 1.807) is 24.3 Å². The first-order valence-corrected chi connectivity index (χ1v) is 9.79. The van der Waals surface area contributed by atoms with Crippen LogP contribution in [0.1, 0.15) is 51.0 Å². The minimum atomic E-state index is -3.86. The highest BCUT2D eigenvalue weighted by Gasteiger charge is 2.50. The van der Waals surface area contributed by atoms with Crippen molar-refractivity contribution in [2.45, 2.75) is 56.8 Å². The lowest BCUT2D eigenvalue weighted by atomic mass is 9.83. The van der Waals surface area contributed by atoms with Gasteiger partial charge in [-0.15, -0.1) is 0 Å². The van der Waals surface area contributed by atoms with E-state index in [4.69, 9.17) is 0 Å². The Morgan fingerprint density at radius 1 is 1.23 bits per heavy atom. The number of rotatable bonds is 6. The van der Waals surface area contributed by atoms with E-state index in [1.165, 1.54) is 13.3 Å². The second-order valence-electron chi connectivity index (χ2n) is 6.63. The van der Waals surface area contributed by atoms with E-state index in [-0.39, 0.29) is 12.1 Å². The van der Waals surface area contributed by atoms with E-state index in [9.17, 15) is 19.4 Å². The van der Waals surface area contributed by atoms with Gasteiger partial charge in [0.05, 0.1) is 6.16 Å². The van der Waals surface area contributed by atoms with Gasteiger partial charge in [0.25, 0.3) is 0 Å². The van der Waals surface area contributed by atoms with E-state index in [0.717, 1.165) is 25.7 Å². The molecule has 1 aromatic carbocycles. The summed E-state index contributed by atoms with van der Waals surface area (Å²) in [7, 11) is -3.86. The predicted octanol–water partition coefficient (Wildman–Crippen LogP) is 4.27. The van der Waals surface area contributed by atoms with E-state index in [1.807, 2.05) is 6.07 Å². The summed E-state index contributed by atoms with van der Waals surface area (Å²) in [5, 5.41) is 8.08. The van der Waals surface area contributed by atoms with Crippen molar-refractivity contribution < 1.29 is 19.4 Å². The number of benzene rings is 1. The monoisotopic (exact) mass is 324 g/mol. The maximum absolute atomic E-state index is 12.9. The van der Waals surface area contributed by atoms with Crippen LogP contribution < -0.4 is 0 Å². The first-order chi connectivity index (χ1) is 10.3. The zero-order valence-corrected chi connectivity index (χ0v) is 14.0. The molecule has 0 saturated heterocycles. The van der Waals surface area contributed by atoms with Gasteiger partial charge in [-0.25, -0.2) is 0 Å². The van der Waals surface area contributed by atoms with Gasteiger partial charge < -0.3 is 10.00 Å². The maximum atomic E-state index is 12.9. The summed E-state index contributed by atoms with van der Waals surface area (Å²) in [6.45, 7) is 1.45. The van der Waals surface area contributed by atoms with Gasteiger partial charge in [0, 0.05) is 0 Å². The Labute approximate surface area is 132 Å². The molecule has 1 aromatic rings. The van der Waals surface area contributed by atoms with Crippen LogP contribution in [-0.4, -0.2) is 21.1 Å². The van der Waals surface area contributed by atoms with Gasteiger partial charge in [0.2, 0.25) is 7.37 Å². The molecule has 1 aliphatic carbocycles. The van der Waals surface area contributed by atoms with Crippen molar-refractivity contribution in [2.75, 3.05) is 0 Å². The number of carboxylic acid groups (broad SMARTS) is 1. The van der Waals surface area contributed by atoms with Crippen LogP contribution in [0, 0.1) is 5.92 Å². The molecule has 4 nitrogen and oxygen atoms in total. The van der Waals surface area contributed by atoms with Gasteiger partial charge in [-0.1, -0.05) is 62.4 Å². The van der Waals surface area contributed by atoms with E-state index in [0.29, 0.717) is 12.0 Å². The van der Waals surface area contributed by atoms with Gasteiger partial charge in [-0.05, 0) is 24.8 Å². The first-order valence-electron chi connectivity index (χ1n) is 7.94. The molecule has 5 heteroatoms. The largest absolute Gasteiger partial charge is 0.480 e. The van der Waals surface area contributed by atoms with Gasteiger partial charge in [-0.2, -0.15) is 0 Å². The Balaban J connectivity index is 2.20. The molecule has 1 fully saturated rings. The highest BCUT2D eigenvalue weighted by atomic mass is 31.2. The van der Waals surface area contributed by atoms with Crippen LogP contribution in [0.4, 0.5) is 0 Å². The predicted molar refractivity (Wildman–Crippen MR) is 87.2 cm³/mol. The van der Waals surface area contributed by atoms with Crippen LogP contribution >= 0.6 is 7.37 Å². The minimum Gasteiger partial charge on any atom is -0.480 e. The number of carboxylic acids is 1. The van der Waals surface area contributed by atoms with Crippen molar-refractivity contribution in [1.82, 2.24) is 0 Å². The molecule has 0 spiro atoms. The van der Waals surface area contributed by atoms with Crippen LogP contribution in [0.5, 0.6) is 0 Å². The standard InChI is InChI=1S/C17H25O4P/c1-17(16(18)19,12-14-8-4-2-5-9-14)22(20,21)13-15-10-6-3-7-11-15/h3,6-7,10-11,14H,2,4-5,8-9,12-13H2,1H3,(H,18,19)(H,20,21). The van der Waals surface area contributed by atoms with Gasteiger partial charge in [-0.3, -0.25) is 9.36 Å². The molecular formula is C17H25O4P. The van der Waals surface area contributed by atoms with Crippen LogP contribution in [0.15, 0.2) is 30.3 Å². The van der Waals surface area contributed by atoms with Gasteiger partial charge in [0.1, 0.15) is 5.16 Å². The molecule has 2 N–H and O–H groups in total. The van der Waals surface area contributed by atoms with Gasteiger partial charge >= 0.3 is 5.97 Å². The SMILES string of the molecule is CC(CC1CCCCC1)(C(=O)O)P(=O)(O)Cc1ccccc1. The van der Waals surface area contributed by atoms with Crippen molar-refractivity contribution in [3.05, 3.63) is 35.9 Å². The Morgan fingerprint density at radius 3 is 2.36 bits per heavy atom. The molecule has 0 amide bonds. The molecule has 0 bridgehead atoms. The minimum absolute atomic E-state index is 0.0800. The van der Waals surface area contributed by atoms with E-state index < -0.39 is 18.5 Å². The average Bonchev–Trinajstić information content (AvgIpc) is 2.48. The topological polar surface area (TPSA) is 74.6 Å². The summed E-state index contributed by atoms with van der Waals surface area (Å²) >= 11 is 0. The van der Waals surface area contributed by atoms with E-state index in [2.05, 4.69) is 0 Å². The third-order valence-electron chi connectivity index (χ3n) is 4.88. The second-order valence-corrected chi connectivity index (χ2v) is 9.34. The summed E-state index contributed by atoms with van der Waals surface area (Å²) < 4.78 is 12.9. The van der Waals surface area contributed by atoms with Crippen molar-refractivity contribution >= 4 is 13.3 Å². The van der Waals surface area contributed by atoms with Crippen LogP contribution in [0.3, 0.4) is 0 Å².